The van der Waals surface area contributed by atoms with Crippen molar-refractivity contribution >= 4 is 97.8 Å². The van der Waals surface area contributed by atoms with Crippen LogP contribution in [0.25, 0.3) is 38.4 Å². The number of hydrogen-bond donors (Lipinski definition) is 9. The van der Waals surface area contributed by atoms with Gasteiger partial charge in [-0.3, -0.25) is 28.8 Å². The van der Waals surface area contributed by atoms with Crippen molar-refractivity contribution in [3.8, 4) is 32.7 Å². The number of aromatic nitrogens is 6. The van der Waals surface area contributed by atoms with E-state index in [0.29, 0.717) is 37.0 Å². The molecule has 7 rings (SSSR count). The normalized spacial score (nSPS) is 18.9. The highest BCUT2D eigenvalue weighted by molar-refractivity contribution is 7.14. The van der Waals surface area contributed by atoms with Gasteiger partial charge in [-0.05, 0) is 52.7 Å². The largest absolute Gasteiger partial charge is 0.392 e. The molecular formula is C45H48N12O9S5. The van der Waals surface area contributed by atoms with Gasteiger partial charge in [-0.15, -0.1) is 56.7 Å². The molecule has 26 heteroatoms. The number of carbonyl (C=O) groups is 6. The zero-order valence-electron chi connectivity index (χ0n) is 39.0. The summed E-state index contributed by atoms with van der Waals surface area (Å²) in [6.45, 7) is 11.3. The SMILES string of the molecule is CC=C(NC(=O)c1csc(-c2ccc3c(n2)-c2csc(n2)C(C(C)O)NC(=O)c2csc(n2)C(C(C)C)NC(=O)c2csc(n2)C(=CC)NC(=O)C(C(C)O)NC(=O)c2csc-3n2)n1)C(=O)NCC(C)O. The molecule has 7 heterocycles. The Morgan fingerprint density at radius 3 is 1.82 bits per heavy atom. The number of aliphatic hydroxyl groups excluding tert-OH is 3. The quantitative estimate of drug-likeness (QED) is 0.0904. The standard InChI is InChI=1S/C45H48N12O9S5/c1-8-23(35(61)46-12-19(5)58)48-36(62)27-15-69-43(53-27)25-11-10-22-34(47-25)26-13-70-45(50-26)33(21(7)60)57-39(65)30-17-71-44(54-30)31(18(3)4)55-37(63)29-16-68-42(52-29)24(9-2)49-40(66)32(20(6)59)56-38(64)28-14-67-41(22)51-28/h8-11,13-21,31-33,58-60H,12H2,1-7H3,(H,46,61)(H,48,62)(H,49,66)(H,55,63)(H,56,64)(H,57,65). The molecule has 6 unspecified atom stereocenters. The van der Waals surface area contributed by atoms with E-state index < -0.39 is 71.9 Å². The zero-order chi connectivity index (χ0) is 51.3. The summed E-state index contributed by atoms with van der Waals surface area (Å²) >= 11 is 5.60. The van der Waals surface area contributed by atoms with Gasteiger partial charge in [0.05, 0.1) is 35.7 Å². The van der Waals surface area contributed by atoms with E-state index in [1.165, 1.54) is 54.3 Å². The lowest BCUT2D eigenvalue weighted by molar-refractivity contribution is -0.124. The molecule has 372 valence electrons. The van der Waals surface area contributed by atoms with Gasteiger partial charge in [0, 0.05) is 39.0 Å². The molecule has 0 radical (unpaired) electrons. The number of nitrogens with zero attached hydrogens (tertiary/aromatic N) is 6. The summed E-state index contributed by atoms with van der Waals surface area (Å²) in [7, 11) is 0. The average molecular weight is 1060 g/mol. The van der Waals surface area contributed by atoms with Gasteiger partial charge < -0.3 is 47.2 Å². The number of fused-ring (bicyclic) bond motifs is 11. The minimum atomic E-state index is -1.45. The van der Waals surface area contributed by atoms with Gasteiger partial charge in [0.25, 0.3) is 29.5 Å². The number of amides is 6. The predicted octanol–water partition coefficient (Wildman–Crippen LogP) is 4.44. The summed E-state index contributed by atoms with van der Waals surface area (Å²) in [6, 6.07) is 0.222. The average Bonchev–Trinajstić information content (AvgIpc) is 4.21. The molecule has 0 saturated heterocycles. The molecule has 1 aliphatic heterocycles. The van der Waals surface area contributed by atoms with Gasteiger partial charge in [0.2, 0.25) is 5.91 Å². The first-order valence-electron chi connectivity index (χ1n) is 21.8. The van der Waals surface area contributed by atoms with Crippen LogP contribution in [0.15, 0.2) is 56.9 Å². The summed E-state index contributed by atoms with van der Waals surface area (Å²) in [5.74, 6) is -4.10. The van der Waals surface area contributed by atoms with Crippen molar-refractivity contribution in [1.82, 2.24) is 61.8 Å². The van der Waals surface area contributed by atoms with E-state index in [2.05, 4.69) is 51.8 Å². The Morgan fingerprint density at radius 1 is 0.648 bits per heavy atom. The van der Waals surface area contributed by atoms with Crippen LogP contribution in [0.2, 0.25) is 0 Å². The van der Waals surface area contributed by atoms with Gasteiger partial charge >= 0.3 is 0 Å². The topological polar surface area (TPSA) is 313 Å². The molecule has 0 spiro atoms. The Labute approximate surface area is 426 Å². The lowest BCUT2D eigenvalue weighted by atomic mass is 10.1. The van der Waals surface area contributed by atoms with Gasteiger partial charge in [-0.2, -0.15) is 0 Å². The van der Waals surface area contributed by atoms with Crippen LogP contribution in [0.4, 0.5) is 0 Å². The van der Waals surface area contributed by atoms with E-state index in [9.17, 15) is 44.1 Å². The first-order chi connectivity index (χ1) is 33.8. The van der Waals surface area contributed by atoms with Gasteiger partial charge in [-0.25, -0.2) is 29.9 Å². The van der Waals surface area contributed by atoms with Gasteiger partial charge in [0.1, 0.15) is 77.0 Å². The monoisotopic (exact) mass is 1060 g/mol. The molecule has 6 aromatic heterocycles. The molecular weight excluding hydrogens is 1010 g/mol. The number of hydrogen-bond acceptors (Lipinski definition) is 20. The van der Waals surface area contributed by atoms with E-state index in [-0.39, 0.29) is 57.3 Å². The molecule has 0 aliphatic carbocycles. The highest BCUT2D eigenvalue weighted by Crippen LogP contribution is 2.37. The van der Waals surface area contributed by atoms with Crippen molar-refractivity contribution in [2.24, 2.45) is 5.92 Å². The van der Waals surface area contributed by atoms with Crippen molar-refractivity contribution in [2.45, 2.75) is 84.9 Å². The third kappa shape index (κ3) is 12.2. The Balaban J connectivity index is 1.28. The zero-order valence-corrected chi connectivity index (χ0v) is 43.0. The number of carbonyl (C=O) groups excluding carboxylic acids is 6. The van der Waals surface area contributed by atoms with Crippen molar-refractivity contribution in [2.75, 3.05) is 6.54 Å². The number of aliphatic hydroxyl groups is 3. The molecule has 1 aliphatic rings. The number of thiazole rings is 5. The Morgan fingerprint density at radius 2 is 1.20 bits per heavy atom. The van der Waals surface area contributed by atoms with Crippen LogP contribution >= 0.6 is 56.7 Å². The number of pyridine rings is 1. The number of allylic oxidation sites excluding steroid dienone is 2. The van der Waals surface area contributed by atoms with Crippen LogP contribution in [0.3, 0.4) is 0 Å². The van der Waals surface area contributed by atoms with Gasteiger partial charge in [0.15, 0.2) is 0 Å². The molecule has 6 amide bonds. The summed E-state index contributed by atoms with van der Waals surface area (Å²) < 4.78 is 0. The minimum absolute atomic E-state index is 0.00878. The number of rotatable bonds is 9. The van der Waals surface area contributed by atoms with Crippen molar-refractivity contribution < 1.29 is 44.1 Å². The van der Waals surface area contributed by atoms with Gasteiger partial charge in [-0.1, -0.05) is 26.0 Å². The Kier molecular flexibility index (Phi) is 16.7. The maximum absolute atomic E-state index is 13.8. The van der Waals surface area contributed by atoms with E-state index in [0.717, 1.165) is 45.3 Å². The second kappa shape index (κ2) is 22.7. The predicted molar refractivity (Wildman–Crippen MR) is 269 cm³/mol. The molecule has 71 heavy (non-hydrogen) atoms. The summed E-state index contributed by atoms with van der Waals surface area (Å²) in [4.78, 5) is 109. The van der Waals surface area contributed by atoms with E-state index >= 15 is 0 Å². The maximum atomic E-state index is 13.8. The first-order valence-corrected chi connectivity index (χ1v) is 26.2. The van der Waals surface area contributed by atoms with E-state index in [1.807, 2.05) is 13.8 Å². The van der Waals surface area contributed by atoms with Crippen molar-refractivity contribution in [1.29, 1.82) is 0 Å². The molecule has 0 fully saturated rings. The molecule has 6 aromatic rings. The minimum Gasteiger partial charge on any atom is -0.392 e. The van der Waals surface area contributed by atoms with Crippen LogP contribution in [0.1, 0.15) is 118 Å². The fraction of sp³-hybridized carbons (Fsp3) is 0.333. The molecule has 0 saturated carbocycles. The lowest BCUT2D eigenvalue weighted by Crippen LogP contribution is -2.52. The van der Waals surface area contributed by atoms with E-state index in [4.69, 9.17) is 9.97 Å². The highest BCUT2D eigenvalue weighted by Gasteiger charge is 2.32. The second-order valence-corrected chi connectivity index (χ2v) is 20.7. The van der Waals surface area contributed by atoms with Crippen LogP contribution < -0.4 is 31.9 Å². The van der Waals surface area contributed by atoms with Crippen molar-refractivity contribution in [3.05, 3.63) is 94.7 Å². The first kappa shape index (κ1) is 52.3. The smallest absolute Gasteiger partial charge is 0.275 e. The molecule has 9 N–H and O–H groups in total. The van der Waals surface area contributed by atoms with Crippen molar-refractivity contribution in [3.63, 3.8) is 0 Å². The lowest BCUT2D eigenvalue weighted by Gasteiger charge is -2.21. The van der Waals surface area contributed by atoms with Crippen LogP contribution in [0.5, 0.6) is 0 Å². The third-order valence-corrected chi connectivity index (χ3v) is 15.0. The van der Waals surface area contributed by atoms with Crippen LogP contribution in [-0.2, 0) is 9.59 Å². The third-order valence-electron chi connectivity index (χ3n) is 10.5. The highest BCUT2D eigenvalue weighted by atomic mass is 32.1. The van der Waals surface area contributed by atoms with Crippen LogP contribution in [-0.4, -0.2) is 112 Å². The van der Waals surface area contributed by atoms with E-state index in [1.54, 1.807) is 42.8 Å². The fourth-order valence-electron chi connectivity index (χ4n) is 6.71. The summed E-state index contributed by atoms with van der Waals surface area (Å²) in [6.07, 6.45) is -0.318. The molecule has 0 aromatic carbocycles. The molecule has 8 bridgehead atoms. The maximum Gasteiger partial charge on any atom is 0.275 e. The van der Waals surface area contributed by atoms with Crippen LogP contribution in [0, 0.1) is 5.92 Å². The molecule has 21 nitrogen and oxygen atoms in total. The fourth-order valence-corrected chi connectivity index (χ4v) is 11.1. The Hall–Kier alpha value is -6.52. The Bertz CT molecular complexity index is 3040. The molecule has 6 atom stereocenters. The summed E-state index contributed by atoms with van der Waals surface area (Å²) in [5.41, 5.74) is 1.48. The summed E-state index contributed by atoms with van der Waals surface area (Å²) in [5, 5.41) is 57.0. The number of nitrogens with one attached hydrogen (secondary N) is 6. The second-order valence-electron chi connectivity index (χ2n) is 16.3.